The number of aryl methyl sites for hydroxylation is 2. The molecule has 0 saturated heterocycles. The van der Waals surface area contributed by atoms with E-state index in [-0.39, 0.29) is 18.3 Å². The van der Waals surface area contributed by atoms with Crippen molar-refractivity contribution in [1.82, 2.24) is 15.1 Å². The van der Waals surface area contributed by atoms with Gasteiger partial charge in [-0.3, -0.25) is 4.79 Å². The zero-order valence-corrected chi connectivity index (χ0v) is 16.4. The Labute approximate surface area is 172 Å². The molecule has 0 aliphatic rings. The van der Waals surface area contributed by atoms with Crippen molar-refractivity contribution < 1.29 is 22.7 Å². The maximum Gasteiger partial charge on any atom is 0.416 e. The Morgan fingerprint density at radius 3 is 2.63 bits per heavy atom. The lowest BCUT2D eigenvalue weighted by molar-refractivity contribution is -0.137. The summed E-state index contributed by atoms with van der Waals surface area (Å²) in [5, 5.41) is 7.22. The van der Waals surface area contributed by atoms with E-state index in [4.69, 9.17) is 4.74 Å². The molecular weight excluding hydrogens is 395 g/mol. The molecule has 0 spiro atoms. The lowest BCUT2D eigenvalue weighted by Crippen LogP contribution is -2.30. The Hall–Kier alpha value is -3.29. The molecule has 0 bridgehead atoms. The molecule has 8 heteroatoms. The maximum atomic E-state index is 12.7. The first-order chi connectivity index (χ1) is 14.3. The van der Waals surface area contributed by atoms with Gasteiger partial charge in [0.25, 0.3) is 5.91 Å². The topological polar surface area (TPSA) is 56.2 Å². The average Bonchev–Trinajstić information content (AvgIpc) is 3.10. The number of benzene rings is 2. The molecule has 1 N–H and O–H groups in total. The second kappa shape index (κ2) is 9.47. The van der Waals surface area contributed by atoms with Gasteiger partial charge in [-0.15, -0.1) is 0 Å². The molecule has 158 valence electrons. The van der Waals surface area contributed by atoms with Crippen LogP contribution in [-0.4, -0.2) is 28.8 Å². The van der Waals surface area contributed by atoms with Gasteiger partial charge in [-0.2, -0.15) is 18.3 Å². The lowest BCUT2D eigenvalue weighted by Gasteiger charge is -2.10. The molecule has 1 amide bonds. The molecule has 3 aromatic rings. The number of halogens is 3. The average molecular weight is 417 g/mol. The lowest BCUT2D eigenvalue weighted by atomic mass is 10.1. The smallest absolute Gasteiger partial charge is 0.416 e. The number of nitrogens with zero attached hydrogens (tertiary/aromatic N) is 2. The van der Waals surface area contributed by atoms with E-state index >= 15 is 0 Å². The van der Waals surface area contributed by atoms with E-state index in [1.54, 1.807) is 0 Å². The van der Waals surface area contributed by atoms with Crippen molar-refractivity contribution in [2.75, 3.05) is 13.2 Å². The van der Waals surface area contributed by atoms with E-state index in [9.17, 15) is 18.0 Å². The van der Waals surface area contributed by atoms with Crippen LogP contribution in [0.1, 0.15) is 23.2 Å². The number of amides is 1. The van der Waals surface area contributed by atoms with Crippen molar-refractivity contribution in [3.8, 4) is 11.4 Å². The molecule has 0 saturated carbocycles. The van der Waals surface area contributed by atoms with Crippen LogP contribution >= 0.6 is 0 Å². The zero-order chi connectivity index (χ0) is 21.6. The molecule has 0 fully saturated rings. The minimum atomic E-state index is -4.45. The summed E-state index contributed by atoms with van der Waals surface area (Å²) >= 11 is 0. The van der Waals surface area contributed by atoms with E-state index in [0.29, 0.717) is 13.0 Å². The van der Waals surface area contributed by atoms with Gasteiger partial charge in [-0.05, 0) is 55.7 Å². The minimum absolute atomic E-state index is 0.00364. The molecule has 2 aromatic carbocycles. The fourth-order valence-corrected chi connectivity index (χ4v) is 2.92. The third kappa shape index (κ3) is 5.85. The zero-order valence-electron chi connectivity index (χ0n) is 16.4. The fraction of sp³-hybridized carbons (Fsp3) is 0.273. The van der Waals surface area contributed by atoms with Gasteiger partial charge >= 0.3 is 6.18 Å². The van der Waals surface area contributed by atoms with Crippen molar-refractivity contribution in [3.63, 3.8) is 0 Å². The molecule has 1 heterocycles. The van der Waals surface area contributed by atoms with Crippen LogP contribution < -0.4 is 10.1 Å². The summed E-state index contributed by atoms with van der Waals surface area (Å²) in [7, 11) is 0. The molecular formula is C22H22F3N3O2. The first kappa shape index (κ1) is 21.4. The Balaban J connectivity index is 1.42. The summed E-state index contributed by atoms with van der Waals surface area (Å²) in [5.41, 5.74) is 2.19. The summed E-state index contributed by atoms with van der Waals surface area (Å²) < 4.78 is 45.1. The molecule has 0 radical (unpaired) electrons. The number of carbonyl (C=O) groups is 1. The third-order valence-electron chi connectivity index (χ3n) is 4.50. The summed E-state index contributed by atoms with van der Waals surface area (Å²) in [5.74, 6) is -0.381. The number of carbonyl (C=O) groups excluding carboxylic acids is 1. The van der Waals surface area contributed by atoms with Crippen LogP contribution in [0.2, 0.25) is 0 Å². The van der Waals surface area contributed by atoms with E-state index in [2.05, 4.69) is 10.4 Å². The van der Waals surface area contributed by atoms with Gasteiger partial charge in [0.2, 0.25) is 0 Å². The number of aromatic nitrogens is 2. The summed E-state index contributed by atoms with van der Waals surface area (Å²) in [6.45, 7) is 2.03. The van der Waals surface area contributed by atoms with E-state index in [1.807, 2.05) is 48.1 Å². The first-order valence-electron chi connectivity index (χ1n) is 9.50. The quantitative estimate of drug-likeness (QED) is 0.555. The Kier molecular flexibility index (Phi) is 6.76. The highest BCUT2D eigenvalue weighted by atomic mass is 19.4. The van der Waals surface area contributed by atoms with Gasteiger partial charge < -0.3 is 10.1 Å². The highest BCUT2D eigenvalue weighted by Gasteiger charge is 2.30. The summed E-state index contributed by atoms with van der Waals surface area (Å²) in [4.78, 5) is 11.9. The molecule has 3 rings (SSSR count). The van der Waals surface area contributed by atoms with Crippen LogP contribution in [-0.2, 0) is 17.4 Å². The second-order valence-electron chi connectivity index (χ2n) is 6.79. The summed E-state index contributed by atoms with van der Waals surface area (Å²) in [6.07, 6.45) is -1.03. The second-order valence-corrected chi connectivity index (χ2v) is 6.79. The van der Waals surface area contributed by atoms with E-state index < -0.39 is 11.7 Å². The standard InChI is InChI=1S/C22H22F3N3O2/c1-16-17(14-28(27-16)19-9-3-2-4-10-19)7-6-12-26-21(29)15-30-20-11-5-8-18(13-20)22(23,24)25/h2-5,8-11,13-14H,6-7,12,15H2,1H3,(H,26,29). The molecule has 1 aromatic heterocycles. The third-order valence-corrected chi connectivity index (χ3v) is 4.50. The van der Waals surface area contributed by atoms with Crippen molar-refractivity contribution in [1.29, 1.82) is 0 Å². The number of nitrogens with one attached hydrogen (secondary N) is 1. The van der Waals surface area contributed by atoms with Gasteiger partial charge in [-0.1, -0.05) is 24.3 Å². The van der Waals surface area contributed by atoms with Gasteiger partial charge in [0.1, 0.15) is 5.75 Å². The van der Waals surface area contributed by atoms with Gasteiger partial charge in [0, 0.05) is 12.7 Å². The van der Waals surface area contributed by atoms with Crippen molar-refractivity contribution in [3.05, 3.63) is 77.6 Å². The van der Waals surface area contributed by atoms with Crippen molar-refractivity contribution >= 4 is 5.91 Å². The number of para-hydroxylation sites is 1. The van der Waals surface area contributed by atoms with Crippen LogP contribution in [0, 0.1) is 6.92 Å². The minimum Gasteiger partial charge on any atom is -0.484 e. The van der Waals surface area contributed by atoms with Gasteiger partial charge in [0.15, 0.2) is 6.61 Å². The molecule has 0 aliphatic carbocycles. The van der Waals surface area contributed by atoms with Crippen molar-refractivity contribution in [2.24, 2.45) is 0 Å². The maximum absolute atomic E-state index is 12.7. The molecule has 0 atom stereocenters. The molecule has 0 unspecified atom stereocenters. The predicted octanol–water partition coefficient (Wildman–Crippen LogP) is 4.33. The molecule has 0 aliphatic heterocycles. The van der Waals surface area contributed by atoms with Crippen LogP contribution in [0.25, 0.3) is 5.69 Å². The number of rotatable bonds is 8. The van der Waals surface area contributed by atoms with Gasteiger partial charge in [-0.25, -0.2) is 4.68 Å². The van der Waals surface area contributed by atoms with E-state index in [1.165, 1.54) is 12.1 Å². The van der Waals surface area contributed by atoms with Crippen LogP contribution in [0.4, 0.5) is 13.2 Å². The number of hydrogen-bond acceptors (Lipinski definition) is 3. The van der Waals surface area contributed by atoms with E-state index in [0.717, 1.165) is 35.5 Å². The Bertz CT molecular complexity index is 985. The van der Waals surface area contributed by atoms with Crippen LogP contribution in [0.5, 0.6) is 5.75 Å². The predicted molar refractivity (Wildman–Crippen MR) is 107 cm³/mol. The van der Waals surface area contributed by atoms with Crippen LogP contribution in [0.15, 0.2) is 60.8 Å². The van der Waals surface area contributed by atoms with Gasteiger partial charge in [0.05, 0.1) is 16.9 Å². The number of alkyl halides is 3. The van der Waals surface area contributed by atoms with Crippen LogP contribution in [0.3, 0.4) is 0 Å². The fourth-order valence-electron chi connectivity index (χ4n) is 2.92. The normalized spacial score (nSPS) is 11.3. The first-order valence-corrected chi connectivity index (χ1v) is 9.50. The Morgan fingerprint density at radius 1 is 1.13 bits per heavy atom. The monoisotopic (exact) mass is 417 g/mol. The largest absolute Gasteiger partial charge is 0.484 e. The summed E-state index contributed by atoms with van der Waals surface area (Å²) in [6, 6.07) is 14.2. The number of ether oxygens (including phenoxy) is 1. The molecule has 30 heavy (non-hydrogen) atoms. The number of hydrogen-bond donors (Lipinski definition) is 1. The molecule has 5 nitrogen and oxygen atoms in total. The highest BCUT2D eigenvalue weighted by molar-refractivity contribution is 5.77. The Morgan fingerprint density at radius 2 is 1.90 bits per heavy atom. The highest BCUT2D eigenvalue weighted by Crippen LogP contribution is 2.31. The van der Waals surface area contributed by atoms with Crippen molar-refractivity contribution in [2.45, 2.75) is 25.9 Å². The SMILES string of the molecule is Cc1nn(-c2ccccc2)cc1CCCNC(=O)COc1cccc(C(F)(F)F)c1.